The Hall–Kier alpha value is -1.45. The fourth-order valence-electron chi connectivity index (χ4n) is 1.39. The van der Waals surface area contributed by atoms with Crippen LogP contribution in [0.15, 0.2) is 11.8 Å². The third kappa shape index (κ3) is 4.52. The molecule has 0 bridgehead atoms. The van der Waals surface area contributed by atoms with E-state index in [-0.39, 0.29) is 25.1 Å². The first-order valence-corrected chi connectivity index (χ1v) is 6.02. The van der Waals surface area contributed by atoms with Gasteiger partial charge in [-0.2, -0.15) is 22.0 Å². The molecule has 3 nitrogen and oxygen atoms in total. The van der Waals surface area contributed by atoms with Crippen molar-refractivity contribution in [3.63, 3.8) is 0 Å². The number of hydrogen-bond acceptors (Lipinski definition) is 2. The number of nitrogens with two attached hydrogens (primary N) is 1. The topological polar surface area (TPSA) is 46.5 Å². The highest BCUT2D eigenvalue weighted by molar-refractivity contribution is 5.21. The van der Waals surface area contributed by atoms with Crippen molar-refractivity contribution in [2.75, 3.05) is 13.7 Å². The van der Waals surface area contributed by atoms with Gasteiger partial charge in [0, 0.05) is 6.42 Å². The normalized spacial score (nSPS) is 14.0. The maximum atomic E-state index is 13.5. The fraction of sp³-hybridized carbons (Fsp3) is 0.667. The number of carbonyl (C=O) groups excluding carboxylic acids is 1. The van der Waals surface area contributed by atoms with E-state index in [1.165, 1.54) is 0 Å². The SMILES string of the molecule is C=[O+][C-](/C=C(\OC)C(F)(F)C(F)(F)C(F)(F)F)CCCCN. The van der Waals surface area contributed by atoms with Gasteiger partial charge in [-0.3, -0.25) is 0 Å². The molecule has 2 N–H and O–H groups in total. The van der Waals surface area contributed by atoms with Gasteiger partial charge in [0.2, 0.25) is 6.10 Å². The van der Waals surface area contributed by atoms with E-state index in [0.717, 1.165) is 0 Å². The lowest BCUT2D eigenvalue weighted by Gasteiger charge is -2.31. The summed E-state index contributed by atoms with van der Waals surface area (Å²) in [6.07, 6.45) is -5.71. The van der Waals surface area contributed by atoms with Gasteiger partial charge in [-0.25, -0.2) is 8.78 Å². The van der Waals surface area contributed by atoms with E-state index in [1.54, 1.807) is 0 Å². The van der Waals surface area contributed by atoms with Gasteiger partial charge in [-0.15, -0.1) is 0 Å². The number of ether oxygens (including phenoxy) is 1. The van der Waals surface area contributed by atoms with Crippen LogP contribution in [0.1, 0.15) is 19.3 Å². The highest BCUT2D eigenvalue weighted by Gasteiger charge is 2.73. The molecule has 0 unspecified atom stereocenters. The molecule has 0 aliphatic carbocycles. The minimum absolute atomic E-state index is 0.0266. The highest BCUT2D eigenvalue weighted by Crippen LogP contribution is 2.50. The number of rotatable bonds is 9. The molecule has 130 valence electrons. The molecular formula is C12H16F7NO2. The van der Waals surface area contributed by atoms with Gasteiger partial charge in [-0.05, 0) is 19.0 Å². The summed E-state index contributed by atoms with van der Waals surface area (Å²) in [6.45, 7) is 3.21. The summed E-state index contributed by atoms with van der Waals surface area (Å²) in [5.41, 5.74) is 5.21. The first-order valence-electron chi connectivity index (χ1n) is 6.02. The zero-order valence-electron chi connectivity index (χ0n) is 11.7. The number of halogens is 7. The Labute approximate surface area is 122 Å². The van der Waals surface area contributed by atoms with E-state index in [1.807, 2.05) is 0 Å². The van der Waals surface area contributed by atoms with Crippen LogP contribution in [0, 0.1) is 6.10 Å². The third-order valence-electron chi connectivity index (χ3n) is 2.63. The Morgan fingerprint density at radius 2 is 1.73 bits per heavy atom. The number of unbranched alkanes of at least 4 members (excludes halogenated alkanes) is 1. The molecule has 0 aromatic rings. The highest BCUT2D eigenvalue weighted by atomic mass is 19.4. The molecule has 0 spiro atoms. The van der Waals surface area contributed by atoms with Gasteiger partial charge in [0.1, 0.15) is 0 Å². The molecule has 0 aromatic carbocycles. The number of hydrogen-bond donors (Lipinski definition) is 1. The Balaban J connectivity index is 5.44. The van der Waals surface area contributed by atoms with Crippen molar-refractivity contribution >= 4 is 6.79 Å². The predicted octanol–water partition coefficient (Wildman–Crippen LogP) is 3.37. The molecule has 0 fully saturated rings. The van der Waals surface area contributed by atoms with Crippen LogP contribution in [-0.2, 0) is 9.16 Å². The second-order valence-corrected chi connectivity index (χ2v) is 4.22. The molecule has 0 rings (SSSR count). The lowest BCUT2D eigenvalue weighted by Crippen LogP contribution is -2.53. The van der Waals surface area contributed by atoms with Crippen LogP contribution in [0.3, 0.4) is 0 Å². The fourth-order valence-corrected chi connectivity index (χ4v) is 1.39. The van der Waals surface area contributed by atoms with E-state index < -0.39 is 23.8 Å². The molecule has 0 aliphatic rings. The monoisotopic (exact) mass is 339 g/mol. The minimum atomic E-state index is -6.45. The zero-order valence-corrected chi connectivity index (χ0v) is 11.7. The molecular weight excluding hydrogens is 323 g/mol. The first-order chi connectivity index (χ1) is 9.95. The van der Waals surface area contributed by atoms with Crippen LogP contribution in [0.5, 0.6) is 0 Å². The van der Waals surface area contributed by atoms with Crippen LogP contribution in [0.4, 0.5) is 30.7 Å². The van der Waals surface area contributed by atoms with E-state index >= 15 is 0 Å². The number of alkyl halides is 7. The first kappa shape index (κ1) is 20.6. The smallest absolute Gasteiger partial charge is 0.459 e. The van der Waals surface area contributed by atoms with Gasteiger partial charge in [0.25, 0.3) is 0 Å². The largest absolute Gasteiger partial charge is 0.551 e. The summed E-state index contributed by atoms with van der Waals surface area (Å²) in [5.74, 6) is -13.8. The molecule has 0 aliphatic heterocycles. The second-order valence-electron chi connectivity index (χ2n) is 4.22. The Morgan fingerprint density at radius 3 is 2.09 bits per heavy atom. The lowest BCUT2D eigenvalue weighted by atomic mass is 10.1. The molecule has 22 heavy (non-hydrogen) atoms. The molecule has 0 atom stereocenters. The average molecular weight is 339 g/mol. The van der Waals surface area contributed by atoms with Crippen molar-refractivity contribution in [2.24, 2.45) is 5.73 Å². The van der Waals surface area contributed by atoms with Gasteiger partial charge in [-0.1, -0.05) is 6.42 Å². The van der Waals surface area contributed by atoms with Crippen molar-refractivity contribution in [1.82, 2.24) is 0 Å². The quantitative estimate of drug-likeness (QED) is 0.230. The van der Waals surface area contributed by atoms with Crippen LogP contribution in [0.25, 0.3) is 0 Å². The number of allylic oxidation sites excluding steroid dienone is 1. The van der Waals surface area contributed by atoms with Crippen molar-refractivity contribution < 1.29 is 39.9 Å². The summed E-state index contributed by atoms with van der Waals surface area (Å²) in [4.78, 5) is 0. The second kappa shape index (κ2) is 7.70. The molecule has 10 heteroatoms. The molecule has 0 heterocycles. The van der Waals surface area contributed by atoms with Gasteiger partial charge >= 0.3 is 18.0 Å². The van der Waals surface area contributed by atoms with Gasteiger partial charge in [0.15, 0.2) is 6.79 Å². The van der Waals surface area contributed by atoms with Crippen molar-refractivity contribution in [3.05, 3.63) is 17.9 Å². The average Bonchev–Trinajstić information content (AvgIpc) is 2.40. The van der Waals surface area contributed by atoms with E-state index in [4.69, 9.17) is 5.73 Å². The Bertz CT molecular complexity index is 393. The molecule has 0 saturated heterocycles. The van der Waals surface area contributed by atoms with E-state index in [0.29, 0.717) is 20.0 Å². The minimum Gasteiger partial charge on any atom is -0.551 e. The standard InChI is InChI=1S/C12H16F7NO2/c1-21-8(5-3-4-6-20)7-9(22-2)10(13,14)11(15,16)12(17,18)19/h7H,1,3-6,20H2,2H3/b9-7-. The zero-order chi connectivity index (χ0) is 17.6. The summed E-state index contributed by atoms with van der Waals surface area (Å²) >= 11 is 0. The summed E-state index contributed by atoms with van der Waals surface area (Å²) < 4.78 is 97.6. The van der Waals surface area contributed by atoms with E-state index in [9.17, 15) is 30.7 Å². The summed E-state index contributed by atoms with van der Waals surface area (Å²) in [6, 6.07) is 0. The van der Waals surface area contributed by atoms with Gasteiger partial charge < -0.3 is 14.9 Å². The van der Waals surface area contributed by atoms with Crippen molar-refractivity contribution in [2.45, 2.75) is 37.3 Å². The maximum Gasteiger partial charge on any atom is 0.459 e. The van der Waals surface area contributed by atoms with Gasteiger partial charge in [0.05, 0.1) is 12.9 Å². The molecule has 0 amide bonds. The van der Waals surface area contributed by atoms with Crippen molar-refractivity contribution in [3.8, 4) is 0 Å². The van der Waals surface area contributed by atoms with Crippen LogP contribution in [-0.4, -0.2) is 38.5 Å². The molecule has 0 radical (unpaired) electrons. The summed E-state index contributed by atoms with van der Waals surface area (Å²) in [7, 11) is 0.548. The van der Waals surface area contributed by atoms with Crippen LogP contribution in [0.2, 0.25) is 0 Å². The lowest BCUT2D eigenvalue weighted by molar-refractivity contribution is -0.425. The molecule has 0 saturated carbocycles. The maximum absolute atomic E-state index is 13.5. The Kier molecular flexibility index (Phi) is 7.20. The molecule has 0 aromatic heterocycles. The summed E-state index contributed by atoms with van der Waals surface area (Å²) in [5, 5.41) is 0. The third-order valence-corrected chi connectivity index (χ3v) is 2.63. The van der Waals surface area contributed by atoms with Crippen LogP contribution < -0.4 is 5.73 Å². The van der Waals surface area contributed by atoms with Crippen LogP contribution >= 0.6 is 0 Å². The van der Waals surface area contributed by atoms with Crippen molar-refractivity contribution in [1.29, 1.82) is 0 Å². The van der Waals surface area contributed by atoms with E-state index in [2.05, 4.69) is 16.0 Å². The Morgan fingerprint density at radius 1 is 1.18 bits per heavy atom. The number of methoxy groups -OCH3 is 1. The predicted molar refractivity (Wildman–Crippen MR) is 64.3 cm³/mol.